The normalized spacial score (nSPS) is 14.4. The minimum Gasteiger partial charge on any atom is -0.486 e. The fourth-order valence-corrected chi connectivity index (χ4v) is 3.74. The molecule has 0 saturated carbocycles. The molecule has 7 nitrogen and oxygen atoms in total. The molecule has 2 aromatic carbocycles. The molecule has 0 bridgehead atoms. The molecule has 0 aliphatic carbocycles. The molecule has 150 valence electrons. The SMILES string of the molecule is CC(c1ccc(S(N)(=O)=O)cc1)N(C)C(=O)Cc1cc(Cl)c2c(c1)OCCO2. The topological polar surface area (TPSA) is 98.9 Å². The maximum absolute atomic E-state index is 12.7. The third-order valence-corrected chi connectivity index (χ3v) is 5.89. The molecule has 2 aromatic rings. The summed E-state index contributed by atoms with van der Waals surface area (Å²) in [5.74, 6) is 0.924. The van der Waals surface area contributed by atoms with Crippen LogP contribution in [0, 0.1) is 0 Å². The number of amides is 1. The zero-order valence-corrected chi connectivity index (χ0v) is 17.1. The average molecular weight is 425 g/mol. The van der Waals surface area contributed by atoms with Crippen molar-refractivity contribution < 1.29 is 22.7 Å². The van der Waals surface area contributed by atoms with Crippen LogP contribution in [-0.2, 0) is 21.2 Å². The monoisotopic (exact) mass is 424 g/mol. The number of nitrogens with two attached hydrogens (primary N) is 1. The van der Waals surface area contributed by atoms with E-state index in [2.05, 4.69) is 0 Å². The maximum atomic E-state index is 12.7. The van der Waals surface area contributed by atoms with Crippen molar-refractivity contribution in [1.82, 2.24) is 4.90 Å². The van der Waals surface area contributed by atoms with E-state index in [-0.39, 0.29) is 23.3 Å². The van der Waals surface area contributed by atoms with Crippen LogP contribution >= 0.6 is 11.6 Å². The van der Waals surface area contributed by atoms with Gasteiger partial charge in [0.15, 0.2) is 11.5 Å². The number of primary sulfonamides is 1. The summed E-state index contributed by atoms with van der Waals surface area (Å²) in [4.78, 5) is 14.4. The van der Waals surface area contributed by atoms with Crippen LogP contribution in [0.4, 0.5) is 0 Å². The van der Waals surface area contributed by atoms with Crippen LogP contribution in [-0.4, -0.2) is 39.5 Å². The molecule has 1 unspecified atom stereocenters. The van der Waals surface area contributed by atoms with E-state index in [0.717, 1.165) is 11.1 Å². The van der Waals surface area contributed by atoms with Gasteiger partial charge in [-0.2, -0.15) is 0 Å². The van der Waals surface area contributed by atoms with Gasteiger partial charge in [-0.1, -0.05) is 23.7 Å². The first-order valence-electron chi connectivity index (χ1n) is 8.63. The second-order valence-electron chi connectivity index (χ2n) is 6.57. The summed E-state index contributed by atoms with van der Waals surface area (Å²) in [7, 11) is -2.05. The third-order valence-electron chi connectivity index (χ3n) is 4.68. The number of hydrogen-bond acceptors (Lipinski definition) is 5. The van der Waals surface area contributed by atoms with E-state index in [9.17, 15) is 13.2 Å². The van der Waals surface area contributed by atoms with Gasteiger partial charge < -0.3 is 14.4 Å². The van der Waals surface area contributed by atoms with Crippen LogP contribution in [0.5, 0.6) is 11.5 Å². The minimum atomic E-state index is -3.75. The number of hydrogen-bond donors (Lipinski definition) is 1. The van der Waals surface area contributed by atoms with Gasteiger partial charge in [0, 0.05) is 7.05 Å². The average Bonchev–Trinajstić information content (AvgIpc) is 2.66. The molecule has 2 N–H and O–H groups in total. The number of sulfonamides is 1. The summed E-state index contributed by atoms with van der Waals surface area (Å²) in [6.07, 6.45) is 0.145. The highest BCUT2D eigenvalue weighted by Gasteiger charge is 2.21. The molecule has 1 aliphatic rings. The highest BCUT2D eigenvalue weighted by atomic mass is 35.5. The van der Waals surface area contributed by atoms with E-state index >= 15 is 0 Å². The van der Waals surface area contributed by atoms with Crippen molar-refractivity contribution in [3.63, 3.8) is 0 Å². The van der Waals surface area contributed by atoms with E-state index in [1.54, 1.807) is 36.2 Å². The van der Waals surface area contributed by atoms with Crippen molar-refractivity contribution in [3.8, 4) is 11.5 Å². The van der Waals surface area contributed by atoms with Gasteiger partial charge >= 0.3 is 0 Å². The highest BCUT2D eigenvalue weighted by molar-refractivity contribution is 7.89. The molecular weight excluding hydrogens is 404 g/mol. The van der Waals surface area contributed by atoms with Gasteiger partial charge in [0.1, 0.15) is 13.2 Å². The zero-order valence-electron chi connectivity index (χ0n) is 15.5. The number of likely N-dealkylation sites (N-methyl/N-ethyl adjacent to an activating group) is 1. The first-order valence-corrected chi connectivity index (χ1v) is 10.6. The number of benzene rings is 2. The highest BCUT2D eigenvalue weighted by Crippen LogP contribution is 2.38. The Balaban J connectivity index is 1.73. The summed E-state index contributed by atoms with van der Waals surface area (Å²) in [5, 5.41) is 5.53. The predicted molar refractivity (Wildman–Crippen MR) is 105 cm³/mol. The first kappa shape index (κ1) is 20.4. The van der Waals surface area contributed by atoms with E-state index in [0.29, 0.717) is 29.7 Å². The lowest BCUT2D eigenvalue weighted by molar-refractivity contribution is -0.131. The van der Waals surface area contributed by atoms with E-state index in [1.807, 2.05) is 6.92 Å². The lowest BCUT2D eigenvalue weighted by atomic mass is 10.1. The van der Waals surface area contributed by atoms with Crippen molar-refractivity contribution in [2.24, 2.45) is 5.14 Å². The van der Waals surface area contributed by atoms with Crippen molar-refractivity contribution >= 4 is 27.5 Å². The smallest absolute Gasteiger partial charge is 0.238 e. The fourth-order valence-electron chi connectivity index (χ4n) is 2.94. The first-order chi connectivity index (χ1) is 13.2. The van der Waals surface area contributed by atoms with Gasteiger partial charge in [0.25, 0.3) is 0 Å². The largest absolute Gasteiger partial charge is 0.486 e. The van der Waals surface area contributed by atoms with Crippen LogP contribution < -0.4 is 14.6 Å². The molecule has 28 heavy (non-hydrogen) atoms. The molecule has 0 spiro atoms. The summed E-state index contributed by atoms with van der Waals surface area (Å²) in [5.41, 5.74) is 1.52. The summed E-state index contributed by atoms with van der Waals surface area (Å²) in [6.45, 7) is 2.74. The van der Waals surface area contributed by atoms with E-state index < -0.39 is 10.0 Å². The van der Waals surface area contributed by atoms with Gasteiger partial charge in [0.2, 0.25) is 15.9 Å². The molecule has 0 saturated heterocycles. The Bertz CT molecular complexity index is 992. The second kappa shape index (κ2) is 7.98. The van der Waals surface area contributed by atoms with Crippen molar-refractivity contribution in [2.45, 2.75) is 24.3 Å². The van der Waals surface area contributed by atoms with E-state index in [1.165, 1.54) is 12.1 Å². The number of ether oxygens (including phenoxy) is 2. The predicted octanol–water partition coefficient (Wildman–Crippen LogP) is 2.52. The summed E-state index contributed by atoms with van der Waals surface area (Å²) >= 11 is 6.23. The summed E-state index contributed by atoms with van der Waals surface area (Å²) < 4.78 is 33.8. The van der Waals surface area contributed by atoms with Gasteiger partial charge in [0.05, 0.1) is 22.4 Å². The Labute approximate surface area is 169 Å². The standard InChI is InChI=1S/C19H21ClN2O5S/c1-12(14-3-5-15(6-4-14)28(21,24)25)22(2)18(23)11-13-9-16(20)19-17(10-13)26-7-8-27-19/h3-6,9-10,12H,7-8,11H2,1-2H3,(H2,21,24,25). The van der Waals surface area contributed by atoms with Crippen molar-refractivity contribution in [1.29, 1.82) is 0 Å². The second-order valence-corrected chi connectivity index (χ2v) is 8.54. The molecular formula is C19H21ClN2O5S. The molecule has 1 atom stereocenters. The lowest BCUT2D eigenvalue weighted by Gasteiger charge is -2.26. The van der Waals surface area contributed by atoms with Crippen LogP contribution in [0.25, 0.3) is 0 Å². The fraction of sp³-hybridized carbons (Fsp3) is 0.316. The van der Waals surface area contributed by atoms with Crippen LogP contribution in [0.3, 0.4) is 0 Å². The molecule has 1 aliphatic heterocycles. The molecule has 9 heteroatoms. The molecule has 1 amide bonds. The van der Waals surface area contributed by atoms with Crippen LogP contribution in [0.2, 0.25) is 5.02 Å². The Morgan fingerprint density at radius 1 is 1.21 bits per heavy atom. The quantitative estimate of drug-likeness (QED) is 0.795. The molecule has 0 aromatic heterocycles. The molecule has 0 radical (unpaired) electrons. The Morgan fingerprint density at radius 2 is 1.86 bits per heavy atom. The number of fused-ring (bicyclic) bond motifs is 1. The maximum Gasteiger partial charge on any atom is 0.238 e. The van der Waals surface area contributed by atoms with Gasteiger partial charge in [-0.25, -0.2) is 13.6 Å². The Hall–Kier alpha value is -2.29. The van der Waals surface area contributed by atoms with Gasteiger partial charge in [-0.05, 0) is 42.3 Å². The van der Waals surface area contributed by atoms with Crippen molar-refractivity contribution in [2.75, 3.05) is 20.3 Å². The lowest BCUT2D eigenvalue weighted by Crippen LogP contribution is -2.31. The molecule has 1 heterocycles. The van der Waals surface area contributed by atoms with Crippen molar-refractivity contribution in [3.05, 3.63) is 52.5 Å². The summed E-state index contributed by atoms with van der Waals surface area (Å²) in [6, 6.07) is 9.36. The van der Waals surface area contributed by atoms with Crippen LogP contribution in [0.1, 0.15) is 24.1 Å². The third kappa shape index (κ3) is 4.40. The van der Waals surface area contributed by atoms with Gasteiger partial charge in [-0.15, -0.1) is 0 Å². The zero-order chi connectivity index (χ0) is 20.5. The molecule has 3 rings (SSSR count). The van der Waals surface area contributed by atoms with Crippen LogP contribution in [0.15, 0.2) is 41.3 Å². The minimum absolute atomic E-state index is 0.0309. The number of carbonyl (C=O) groups excluding carboxylic acids is 1. The number of halogens is 1. The molecule has 0 fully saturated rings. The number of carbonyl (C=O) groups is 1. The Morgan fingerprint density at radius 3 is 2.50 bits per heavy atom. The number of nitrogens with zero attached hydrogens (tertiary/aromatic N) is 1. The van der Waals surface area contributed by atoms with Gasteiger partial charge in [-0.3, -0.25) is 4.79 Å². The van der Waals surface area contributed by atoms with E-state index in [4.69, 9.17) is 26.2 Å². The Kier molecular flexibility index (Phi) is 5.83. The number of rotatable bonds is 5.